The van der Waals surface area contributed by atoms with Crippen molar-refractivity contribution in [3.63, 3.8) is 0 Å². The van der Waals surface area contributed by atoms with E-state index in [0.29, 0.717) is 28.9 Å². The van der Waals surface area contributed by atoms with Gasteiger partial charge in [-0.15, -0.1) is 21.5 Å². The zero-order chi connectivity index (χ0) is 19.7. The van der Waals surface area contributed by atoms with E-state index in [1.54, 1.807) is 24.3 Å². The minimum absolute atomic E-state index is 0.0149. The van der Waals surface area contributed by atoms with E-state index in [0.717, 1.165) is 10.7 Å². The van der Waals surface area contributed by atoms with E-state index in [1.807, 2.05) is 30.5 Å². The second-order valence-corrected chi connectivity index (χ2v) is 8.60. The van der Waals surface area contributed by atoms with Crippen molar-refractivity contribution >= 4 is 46.3 Å². The number of nitrogens with zero attached hydrogens (tertiary/aromatic N) is 4. The average molecular weight is 416 g/mol. The highest BCUT2D eigenvalue weighted by atomic mass is 32.2. The number of aromatic nitrogens is 3. The van der Waals surface area contributed by atoms with E-state index in [2.05, 4.69) is 20.5 Å². The number of amides is 2. The molecule has 1 aliphatic rings. The van der Waals surface area contributed by atoms with Gasteiger partial charge in [0.2, 0.25) is 17.7 Å². The van der Waals surface area contributed by atoms with Crippen LogP contribution in [0.3, 0.4) is 0 Å². The molecule has 0 radical (unpaired) electrons. The van der Waals surface area contributed by atoms with Crippen molar-refractivity contribution in [3.05, 3.63) is 46.2 Å². The van der Waals surface area contributed by atoms with Crippen LogP contribution in [0.15, 0.2) is 39.3 Å². The number of thioether (sulfide) groups is 1. The summed E-state index contributed by atoms with van der Waals surface area (Å²) in [5.41, 5.74) is 2.19. The fourth-order valence-electron chi connectivity index (χ4n) is 2.85. The highest BCUT2D eigenvalue weighted by molar-refractivity contribution is 8.00. The van der Waals surface area contributed by atoms with Crippen molar-refractivity contribution in [2.24, 2.45) is 0 Å². The highest BCUT2D eigenvalue weighted by Crippen LogP contribution is 2.32. The monoisotopic (exact) mass is 415 g/mol. The first-order chi connectivity index (χ1) is 13.5. The molecule has 8 nitrogen and oxygen atoms in total. The third kappa shape index (κ3) is 3.92. The number of nitrogens with one attached hydrogen (secondary N) is 1. The van der Waals surface area contributed by atoms with Crippen LogP contribution in [-0.4, -0.2) is 38.8 Å². The third-order valence-electron chi connectivity index (χ3n) is 4.11. The number of carbonyl (C=O) groups excluding carboxylic acids is 2. The van der Waals surface area contributed by atoms with Gasteiger partial charge in [0.15, 0.2) is 0 Å². The minimum atomic E-state index is -0.492. The molecular weight excluding hydrogens is 398 g/mol. The molecule has 2 aromatic heterocycles. The Hall–Kier alpha value is -2.72. The summed E-state index contributed by atoms with van der Waals surface area (Å²) in [7, 11) is 0. The van der Waals surface area contributed by atoms with Gasteiger partial charge in [-0.1, -0.05) is 23.9 Å². The fourth-order valence-corrected chi connectivity index (χ4v) is 4.23. The Morgan fingerprint density at radius 3 is 3.00 bits per heavy atom. The molecule has 0 saturated heterocycles. The molecule has 0 unspecified atom stereocenters. The molecule has 1 aliphatic heterocycles. The molecule has 1 N–H and O–H groups in total. The van der Waals surface area contributed by atoms with Gasteiger partial charge in [0, 0.05) is 5.38 Å². The summed E-state index contributed by atoms with van der Waals surface area (Å²) in [6, 6.07) is 7.23. The van der Waals surface area contributed by atoms with Gasteiger partial charge in [0.05, 0.1) is 33.7 Å². The van der Waals surface area contributed by atoms with Gasteiger partial charge in [-0.25, -0.2) is 4.98 Å². The molecule has 0 saturated carbocycles. The molecule has 4 rings (SSSR count). The smallest absolute Gasteiger partial charge is 0.277 e. The molecule has 0 fully saturated rings. The number of hydrogen-bond acceptors (Lipinski definition) is 8. The second kappa shape index (κ2) is 7.72. The molecule has 1 atom stereocenters. The third-order valence-corrected chi connectivity index (χ3v) is 5.85. The molecule has 1 aromatic carbocycles. The summed E-state index contributed by atoms with van der Waals surface area (Å²) >= 11 is 2.74. The quantitative estimate of drug-likeness (QED) is 0.639. The van der Waals surface area contributed by atoms with Gasteiger partial charge < -0.3 is 9.73 Å². The van der Waals surface area contributed by atoms with Crippen molar-refractivity contribution in [3.8, 4) is 0 Å². The van der Waals surface area contributed by atoms with Gasteiger partial charge in [-0.3, -0.25) is 14.5 Å². The maximum atomic E-state index is 12.9. The number of anilines is 2. The lowest BCUT2D eigenvalue weighted by Gasteiger charge is -2.30. The average Bonchev–Trinajstić information content (AvgIpc) is 3.29. The molecular formula is C18H17N5O3S2. The van der Waals surface area contributed by atoms with Crippen molar-refractivity contribution in [2.75, 3.05) is 16.8 Å². The standard InChI is InChI=1S/C18H17N5O3S2/c1-10(17(25)23-8-15(24)20-13-5-3-4-6-14(13)23)28-18-22-21-16(26-18)7-12-9-27-11(2)19-12/h3-6,9-10H,7-8H2,1-2H3,(H,20,24)/t10-/m1/s1. The number of fused-ring (bicyclic) bond motifs is 1. The van der Waals surface area contributed by atoms with Crippen LogP contribution in [0.2, 0.25) is 0 Å². The first-order valence-corrected chi connectivity index (χ1v) is 10.4. The second-order valence-electron chi connectivity index (χ2n) is 6.25. The Morgan fingerprint density at radius 2 is 2.21 bits per heavy atom. The van der Waals surface area contributed by atoms with Gasteiger partial charge in [0.25, 0.3) is 5.22 Å². The first-order valence-electron chi connectivity index (χ1n) is 8.60. The van der Waals surface area contributed by atoms with Crippen LogP contribution in [0.5, 0.6) is 0 Å². The molecule has 2 amide bonds. The number of rotatable bonds is 5. The number of thiazole rings is 1. The summed E-state index contributed by atoms with van der Waals surface area (Å²) in [6.45, 7) is 3.68. The predicted octanol–water partition coefficient (Wildman–Crippen LogP) is 2.89. The lowest BCUT2D eigenvalue weighted by molar-refractivity contribution is -0.121. The van der Waals surface area contributed by atoms with Crippen molar-refractivity contribution in [2.45, 2.75) is 30.7 Å². The maximum Gasteiger partial charge on any atom is 0.277 e. The van der Waals surface area contributed by atoms with Crippen LogP contribution in [0.1, 0.15) is 23.5 Å². The largest absolute Gasteiger partial charge is 0.416 e. The Morgan fingerprint density at radius 1 is 1.39 bits per heavy atom. The Labute approximate surface area is 169 Å². The molecule has 3 aromatic rings. The lowest BCUT2D eigenvalue weighted by atomic mass is 10.2. The number of hydrogen-bond donors (Lipinski definition) is 1. The normalized spacial score (nSPS) is 14.5. The van der Waals surface area contributed by atoms with Gasteiger partial charge in [-0.05, 0) is 26.0 Å². The Balaban J connectivity index is 1.45. The van der Waals surface area contributed by atoms with E-state index < -0.39 is 5.25 Å². The predicted molar refractivity (Wildman–Crippen MR) is 107 cm³/mol. The summed E-state index contributed by atoms with van der Waals surface area (Å²) in [5.74, 6) is 0.0419. The molecule has 0 spiro atoms. The summed E-state index contributed by atoms with van der Waals surface area (Å²) in [5, 5.41) is 13.6. The summed E-state index contributed by atoms with van der Waals surface area (Å²) in [6.07, 6.45) is 0.458. The van der Waals surface area contributed by atoms with Crippen LogP contribution in [0, 0.1) is 6.92 Å². The van der Waals surface area contributed by atoms with Crippen molar-refractivity contribution in [1.82, 2.24) is 15.2 Å². The highest BCUT2D eigenvalue weighted by Gasteiger charge is 2.30. The molecule has 0 aliphatic carbocycles. The fraction of sp³-hybridized carbons (Fsp3) is 0.278. The van der Waals surface area contributed by atoms with E-state index in [9.17, 15) is 9.59 Å². The molecule has 144 valence electrons. The maximum absolute atomic E-state index is 12.9. The van der Waals surface area contributed by atoms with Crippen LogP contribution < -0.4 is 10.2 Å². The van der Waals surface area contributed by atoms with Crippen LogP contribution in [0.25, 0.3) is 0 Å². The van der Waals surface area contributed by atoms with Gasteiger partial charge >= 0.3 is 0 Å². The summed E-state index contributed by atoms with van der Waals surface area (Å²) < 4.78 is 5.65. The molecule has 10 heteroatoms. The van der Waals surface area contributed by atoms with Crippen molar-refractivity contribution in [1.29, 1.82) is 0 Å². The summed E-state index contributed by atoms with van der Waals surface area (Å²) in [4.78, 5) is 30.7. The number of aryl methyl sites for hydroxylation is 1. The van der Waals surface area contributed by atoms with E-state index in [4.69, 9.17) is 4.42 Å². The molecule has 28 heavy (non-hydrogen) atoms. The number of para-hydroxylation sites is 2. The zero-order valence-corrected chi connectivity index (χ0v) is 16.8. The van der Waals surface area contributed by atoms with E-state index in [1.165, 1.54) is 16.7 Å². The van der Waals surface area contributed by atoms with Gasteiger partial charge in [0.1, 0.15) is 6.54 Å². The van der Waals surface area contributed by atoms with Crippen LogP contribution in [0.4, 0.5) is 11.4 Å². The van der Waals surface area contributed by atoms with Crippen LogP contribution in [-0.2, 0) is 16.0 Å². The van der Waals surface area contributed by atoms with E-state index >= 15 is 0 Å². The number of benzene rings is 1. The Bertz CT molecular complexity index is 1030. The number of carbonyl (C=O) groups is 2. The zero-order valence-electron chi connectivity index (χ0n) is 15.2. The molecule has 0 bridgehead atoms. The Kier molecular flexibility index (Phi) is 5.14. The van der Waals surface area contributed by atoms with Gasteiger partial charge in [-0.2, -0.15) is 0 Å². The SMILES string of the molecule is Cc1nc(Cc2nnc(S[C@H](C)C(=O)N3CC(=O)Nc4ccccc43)o2)cs1. The minimum Gasteiger partial charge on any atom is -0.416 e. The lowest BCUT2D eigenvalue weighted by Crippen LogP contribution is -2.45. The van der Waals surface area contributed by atoms with Crippen molar-refractivity contribution < 1.29 is 14.0 Å². The topological polar surface area (TPSA) is 101 Å². The van der Waals surface area contributed by atoms with E-state index in [-0.39, 0.29) is 18.4 Å². The van der Waals surface area contributed by atoms with Crippen LogP contribution >= 0.6 is 23.1 Å². The molecule has 3 heterocycles. The first kappa shape index (κ1) is 18.6.